The van der Waals surface area contributed by atoms with Crippen LogP contribution in [0.5, 0.6) is 0 Å². The quantitative estimate of drug-likeness (QED) is 0.863. The molecule has 7 heteroatoms. The highest BCUT2D eigenvalue weighted by atomic mass is 32.2. The van der Waals surface area contributed by atoms with Crippen LogP contribution in [-0.4, -0.2) is 30.2 Å². The monoisotopic (exact) mass is 316 g/mol. The van der Waals surface area contributed by atoms with Crippen LogP contribution in [0.15, 0.2) is 29.2 Å². The zero-order valence-corrected chi connectivity index (χ0v) is 13.0. The Bertz CT molecular complexity index is 572. The molecule has 0 aromatic heterocycles. The number of nitrogens with two attached hydrogens (primary N) is 1. The molecule has 1 heterocycles. The largest absolute Gasteiger partial charge is 0.324 e. The van der Waals surface area contributed by atoms with Crippen molar-refractivity contribution in [2.45, 2.75) is 36.7 Å². The zero-order chi connectivity index (χ0) is 14.8. The minimum atomic E-state index is -3.51. The van der Waals surface area contributed by atoms with E-state index < -0.39 is 20.8 Å². The normalized spacial score (nSPS) is 25.3. The van der Waals surface area contributed by atoms with E-state index in [-0.39, 0.29) is 17.0 Å². The maximum atomic E-state index is 12.2. The molecule has 1 aromatic carbocycles. The Hall–Kier alpha value is -0.760. The first-order chi connectivity index (χ1) is 9.38. The topological polar surface area (TPSA) is 89.3 Å². The van der Waals surface area contributed by atoms with Gasteiger partial charge >= 0.3 is 0 Å². The molecule has 0 bridgehead atoms. The Balaban J connectivity index is 2.08. The van der Waals surface area contributed by atoms with Crippen LogP contribution < -0.4 is 10.5 Å². The summed E-state index contributed by atoms with van der Waals surface area (Å²) >= 11 is 0. The van der Waals surface area contributed by atoms with Gasteiger partial charge in [-0.3, -0.25) is 4.21 Å². The van der Waals surface area contributed by atoms with Crippen LogP contribution in [0.4, 0.5) is 0 Å². The van der Waals surface area contributed by atoms with Gasteiger partial charge < -0.3 is 5.73 Å². The van der Waals surface area contributed by atoms with Gasteiger partial charge in [-0.05, 0) is 37.5 Å². The van der Waals surface area contributed by atoms with Crippen molar-refractivity contribution < 1.29 is 12.6 Å². The molecule has 0 spiro atoms. The molecule has 0 aliphatic carbocycles. The van der Waals surface area contributed by atoms with Crippen molar-refractivity contribution in [1.29, 1.82) is 0 Å². The number of hydrogen-bond acceptors (Lipinski definition) is 4. The summed E-state index contributed by atoms with van der Waals surface area (Å²) in [6.07, 6.45) is 1.26. The van der Waals surface area contributed by atoms with E-state index in [9.17, 15) is 12.6 Å². The van der Waals surface area contributed by atoms with Gasteiger partial charge in [0.05, 0.1) is 4.90 Å². The highest BCUT2D eigenvalue weighted by Crippen LogP contribution is 2.17. The van der Waals surface area contributed by atoms with E-state index in [1.54, 1.807) is 24.3 Å². The van der Waals surface area contributed by atoms with Crippen molar-refractivity contribution >= 4 is 20.8 Å². The highest BCUT2D eigenvalue weighted by molar-refractivity contribution is 7.89. The number of rotatable bonds is 4. The molecule has 0 amide bonds. The summed E-state index contributed by atoms with van der Waals surface area (Å²) in [7, 11) is -4.30. The molecular weight excluding hydrogens is 296 g/mol. The van der Waals surface area contributed by atoms with Crippen molar-refractivity contribution in [1.82, 2.24) is 4.72 Å². The lowest BCUT2D eigenvalue weighted by atomic mass is 10.1. The molecule has 1 unspecified atom stereocenters. The average molecular weight is 316 g/mol. The van der Waals surface area contributed by atoms with E-state index in [4.69, 9.17) is 5.73 Å². The van der Waals surface area contributed by atoms with Crippen molar-refractivity contribution in [3.05, 3.63) is 29.8 Å². The fourth-order valence-corrected chi connectivity index (χ4v) is 4.75. The van der Waals surface area contributed by atoms with Crippen molar-refractivity contribution in [3.63, 3.8) is 0 Å². The molecule has 1 saturated heterocycles. The third-order valence-electron chi connectivity index (χ3n) is 3.43. The van der Waals surface area contributed by atoms with Crippen LogP contribution in [0.25, 0.3) is 0 Å². The molecule has 5 nitrogen and oxygen atoms in total. The summed E-state index contributed by atoms with van der Waals surface area (Å²) in [6.45, 7) is 1.85. The predicted octanol–water partition coefficient (Wildman–Crippen LogP) is 0.896. The van der Waals surface area contributed by atoms with Crippen molar-refractivity contribution in [2.75, 3.05) is 11.5 Å². The fraction of sp³-hybridized carbons (Fsp3) is 0.538. The fourth-order valence-electron chi connectivity index (χ4n) is 2.15. The first kappa shape index (κ1) is 15.6. The van der Waals surface area contributed by atoms with Gasteiger partial charge in [-0.15, -0.1) is 0 Å². The summed E-state index contributed by atoms with van der Waals surface area (Å²) in [5.74, 6) is 1.13. The average Bonchev–Trinajstić information content (AvgIpc) is 2.41. The third kappa shape index (κ3) is 3.88. The van der Waals surface area contributed by atoms with E-state index in [1.807, 2.05) is 6.92 Å². The number of hydrogen-bond donors (Lipinski definition) is 2. The summed E-state index contributed by atoms with van der Waals surface area (Å²) in [5.41, 5.74) is 6.64. The maximum Gasteiger partial charge on any atom is 0.240 e. The molecular formula is C13H20N2O3S2. The Morgan fingerprint density at radius 3 is 2.30 bits per heavy atom. The van der Waals surface area contributed by atoms with Gasteiger partial charge in [0.2, 0.25) is 10.0 Å². The minimum Gasteiger partial charge on any atom is -0.324 e. The van der Waals surface area contributed by atoms with Gasteiger partial charge in [0.15, 0.2) is 0 Å². The number of sulfonamides is 1. The molecule has 0 radical (unpaired) electrons. The Labute approximate surface area is 122 Å². The van der Waals surface area contributed by atoms with Crippen LogP contribution in [0, 0.1) is 0 Å². The van der Waals surface area contributed by atoms with Crippen molar-refractivity contribution in [2.24, 2.45) is 5.73 Å². The molecule has 112 valence electrons. The van der Waals surface area contributed by atoms with Gasteiger partial charge in [-0.25, -0.2) is 13.1 Å². The van der Waals surface area contributed by atoms with E-state index in [0.29, 0.717) is 24.3 Å². The molecule has 20 heavy (non-hydrogen) atoms. The Kier molecular flexibility index (Phi) is 4.95. The zero-order valence-electron chi connectivity index (χ0n) is 11.4. The number of benzene rings is 1. The lowest BCUT2D eigenvalue weighted by Crippen LogP contribution is -2.39. The Morgan fingerprint density at radius 2 is 1.80 bits per heavy atom. The van der Waals surface area contributed by atoms with Crippen LogP contribution in [0.2, 0.25) is 0 Å². The number of nitrogens with one attached hydrogen (secondary N) is 1. The van der Waals surface area contributed by atoms with Gasteiger partial charge in [0, 0.05) is 34.4 Å². The smallest absolute Gasteiger partial charge is 0.240 e. The summed E-state index contributed by atoms with van der Waals surface area (Å²) in [6, 6.07) is 6.37. The molecule has 1 atom stereocenters. The van der Waals surface area contributed by atoms with Crippen LogP contribution in [0.1, 0.15) is 31.4 Å². The highest BCUT2D eigenvalue weighted by Gasteiger charge is 2.24. The van der Waals surface area contributed by atoms with E-state index >= 15 is 0 Å². The predicted molar refractivity (Wildman–Crippen MR) is 80.3 cm³/mol. The molecule has 1 aliphatic heterocycles. The second-order valence-corrected chi connectivity index (χ2v) is 8.51. The minimum absolute atomic E-state index is 0.118. The van der Waals surface area contributed by atoms with Gasteiger partial charge in [-0.1, -0.05) is 12.1 Å². The second-order valence-electron chi connectivity index (χ2n) is 5.10. The lowest BCUT2D eigenvalue weighted by molar-refractivity contribution is 0.522. The first-order valence-electron chi connectivity index (χ1n) is 6.61. The Morgan fingerprint density at radius 1 is 1.25 bits per heavy atom. The van der Waals surface area contributed by atoms with Gasteiger partial charge in [-0.2, -0.15) is 0 Å². The summed E-state index contributed by atoms with van der Waals surface area (Å²) in [5, 5.41) is 0. The van der Waals surface area contributed by atoms with E-state index in [2.05, 4.69) is 4.72 Å². The second kappa shape index (κ2) is 6.34. The third-order valence-corrected chi connectivity index (χ3v) is 6.34. The van der Waals surface area contributed by atoms with Gasteiger partial charge in [0.1, 0.15) is 0 Å². The van der Waals surface area contributed by atoms with E-state index in [1.165, 1.54) is 0 Å². The molecule has 1 aromatic rings. The molecule has 1 aliphatic rings. The van der Waals surface area contributed by atoms with Crippen molar-refractivity contribution in [3.8, 4) is 0 Å². The van der Waals surface area contributed by atoms with Gasteiger partial charge in [0.25, 0.3) is 0 Å². The standard InChI is InChI=1S/C13H20N2O3S2/c1-10(14)11-2-4-13(5-3-11)20(17,18)15-12-6-8-19(16)9-7-12/h2-5,10,12,15H,6-9,14H2,1H3. The molecule has 1 fully saturated rings. The molecule has 3 N–H and O–H groups in total. The van der Waals surface area contributed by atoms with Crippen LogP contribution in [-0.2, 0) is 20.8 Å². The first-order valence-corrected chi connectivity index (χ1v) is 9.58. The van der Waals surface area contributed by atoms with Crippen LogP contribution in [0.3, 0.4) is 0 Å². The van der Waals surface area contributed by atoms with E-state index in [0.717, 1.165) is 5.56 Å². The lowest BCUT2D eigenvalue weighted by Gasteiger charge is -2.22. The summed E-state index contributed by atoms with van der Waals surface area (Å²) in [4.78, 5) is 0.244. The summed E-state index contributed by atoms with van der Waals surface area (Å²) < 4.78 is 38.4. The van der Waals surface area contributed by atoms with Crippen LogP contribution >= 0.6 is 0 Å². The molecule has 0 saturated carbocycles. The SMILES string of the molecule is CC(N)c1ccc(S(=O)(=O)NC2CCS(=O)CC2)cc1. The maximum absolute atomic E-state index is 12.2. The molecule has 2 rings (SSSR count).